The average Bonchev–Trinajstić information content (AvgIpc) is 2.62. The smallest absolute Gasteiger partial charge is 0.140 e. The molecule has 3 heteroatoms. The van der Waals surface area contributed by atoms with Gasteiger partial charge in [0.25, 0.3) is 0 Å². The average molecular weight is 357 g/mol. The molecule has 1 aliphatic carbocycles. The van der Waals surface area contributed by atoms with Crippen molar-refractivity contribution < 1.29 is 9.13 Å². The topological polar surface area (TPSA) is 9.23 Å². The molecule has 3 rings (SSSR count). The van der Waals surface area contributed by atoms with Crippen molar-refractivity contribution in [3.05, 3.63) is 70.0 Å². The van der Waals surface area contributed by atoms with E-state index < -0.39 is 0 Å². The Balaban J connectivity index is 1.64. The highest BCUT2D eigenvalue weighted by atomic mass is 35.5. The SMILES string of the molecule is CCOC1CCC(c2ccc(C#Cc3ccc(Cl)cc3F)cc2)CC1. The number of benzene rings is 2. The largest absolute Gasteiger partial charge is 0.379 e. The molecule has 1 aliphatic rings. The maximum absolute atomic E-state index is 13.7. The molecule has 0 N–H and O–H groups in total. The van der Waals surface area contributed by atoms with Gasteiger partial charge in [-0.1, -0.05) is 35.6 Å². The standard InChI is InChI=1S/C22H22ClFO/c1-2-25-21-13-10-18(11-14-21)17-6-3-16(4-7-17)5-8-19-9-12-20(23)15-22(19)24/h3-4,6-7,9,12,15,18,21H,2,10-11,13-14H2,1H3. The van der Waals surface area contributed by atoms with E-state index in [0.717, 1.165) is 25.0 Å². The van der Waals surface area contributed by atoms with Crippen molar-refractivity contribution in [2.24, 2.45) is 0 Å². The van der Waals surface area contributed by atoms with Crippen molar-refractivity contribution in [3.63, 3.8) is 0 Å². The molecule has 0 radical (unpaired) electrons. The molecule has 0 atom stereocenters. The minimum absolute atomic E-state index is 0.364. The van der Waals surface area contributed by atoms with Crippen LogP contribution in [0.2, 0.25) is 5.02 Å². The Hall–Kier alpha value is -1.82. The molecule has 0 spiro atoms. The zero-order valence-electron chi connectivity index (χ0n) is 14.4. The minimum Gasteiger partial charge on any atom is -0.379 e. The van der Waals surface area contributed by atoms with Crippen molar-refractivity contribution in [2.75, 3.05) is 6.61 Å². The summed E-state index contributed by atoms with van der Waals surface area (Å²) < 4.78 is 19.5. The summed E-state index contributed by atoms with van der Waals surface area (Å²) in [6.07, 6.45) is 5.05. The number of rotatable bonds is 3. The molecule has 1 saturated carbocycles. The van der Waals surface area contributed by atoms with Crippen LogP contribution in [0.3, 0.4) is 0 Å². The first-order chi connectivity index (χ1) is 12.2. The Morgan fingerprint density at radius 3 is 2.40 bits per heavy atom. The fourth-order valence-electron chi connectivity index (χ4n) is 3.37. The Bertz CT molecular complexity index is 765. The quantitative estimate of drug-likeness (QED) is 0.618. The van der Waals surface area contributed by atoms with Crippen LogP contribution in [0.1, 0.15) is 55.2 Å². The van der Waals surface area contributed by atoms with E-state index in [1.165, 1.54) is 24.5 Å². The highest BCUT2D eigenvalue weighted by molar-refractivity contribution is 6.30. The molecule has 25 heavy (non-hydrogen) atoms. The van der Waals surface area contributed by atoms with E-state index in [-0.39, 0.29) is 5.82 Å². The Labute approximate surface area is 154 Å². The molecular weight excluding hydrogens is 335 g/mol. The van der Waals surface area contributed by atoms with E-state index in [1.54, 1.807) is 12.1 Å². The Morgan fingerprint density at radius 1 is 1.04 bits per heavy atom. The van der Waals surface area contributed by atoms with Crippen molar-refractivity contribution in [1.82, 2.24) is 0 Å². The normalized spacial score (nSPS) is 20.0. The molecular formula is C22H22ClFO. The van der Waals surface area contributed by atoms with Crippen LogP contribution in [0.5, 0.6) is 0 Å². The summed E-state index contributed by atoms with van der Waals surface area (Å²) in [5.41, 5.74) is 2.61. The summed E-state index contributed by atoms with van der Waals surface area (Å²) in [7, 11) is 0. The lowest BCUT2D eigenvalue weighted by molar-refractivity contribution is 0.0328. The van der Waals surface area contributed by atoms with Gasteiger partial charge < -0.3 is 4.74 Å². The Morgan fingerprint density at radius 2 is 1.76 bits per heavy atom. The molecule has 130 valence electrons. The molecule has 0 heterocycles. The molecule has 0 amide bonds. The molecule has 1 fully saturated rings. The maximum atomic E-state index is 13.7. The minimum atomic E-state index is -0.386. The van der Waals surface area contributed by atoms with E-state index in [0.29, 0.717) is 22.6 Å². The second kappa shape index (κ2) is 8.52. The van der Waals surface area contributed by atoms with Crippen LogP contribution >= 0.6 is 11.6 Å². The van der Waals surface area contributed by atoms with Gasteiger partial charge in [-0.15, -0.1) is 0 Å². The van der Waals surface area contributed by atoms with Crippen LogP contribution in [0.4, 0.5) is 4.39 Å². The lowest BCUT2D eigenvalue weighted by Crippen LogP contribution is -2.20. The lowest BCUT2D eigenvalue weighted by Gasteiger charge is -2.28. The first-order valence-corrected chi connectivity index (χ1v) is 9.22. The van der Waals surface area contributed by atoms with Gasteiger partial charge in [0.15, 0.2) is 0 Å². The first-order valence-electron chi connectivity index (χ1n) is 8.84. The first kappa shape index (κ1) is 18.0. The van der Waals surface area contributed by atoms with Gasteiger partial charge in [-0.05, 0) is 74.4 Å². The fourth-order valence-corrected chi connectivity index (χ4v) is 3.53. The molecule has 0 unspecified atom stereocenters. The summed E-state index contributed by atoms with van der Waals surface area (Å²) in [4.78, 5) is 0. The van der Waals surface area contributed by atoms with Crippen LogP contribution in [0.25, 0.3) is 0 Å². The summed E-state index contributed by atoms with van der Waals surface area (Å²) in [5.74, 6) is 6.11. The molecule has 0 saturated heterocycles. The van der Waals surface area contributed by atoms with E-state index in [9.17, 15) is 4.39 Å². The zero-order valence-corrected chi connectivity index (χ0v) is 15.2. The third kappa shape index (κ3) is 4.84. The summed E-state index contributed by atoms with van der Waals surface area (Å²) in [6, 6.07) is 12.9. The van der Waals surface area contributed by atoms with Gasteiger partial charge in [0, 0.05) is 17.2 Å². The van der Waals surface area contributed by atoms with Crippen LogP contribution in [-0.4, -0.2) is 12.7 Å². The van der Waals surface area contributed by atoms with E-state index >= 15 is 0 Å². The zero-order chi connectivity index (χ0) is 17.6. The highest BCUT2D eigenvalue weighted by Crippen LogP contribution is 2.34. The molecule has 0 bridgehead atoms. The van der Waals surface area contributed by atoms with Crippen LogP contribution in [0.15, 0.2) is 42.5 Å². The number of hydrogen-bond acceptors (Lipinski definition) is 1. The van der Waals surface area contributed by atoms with Crippen LogP contribution < -0.4 is 0 Å². The summed E-state index contributed by atoms with van der Waals surface area (Å²) >= 11 is 5.76. The van der Waals surface area contributed by atoms with Crippen LogP contribution in [-0.2, 0) is 4.74 Å². The molecule has 0 aromatic heterocycles. The van der Waals surface area contributed by atoms with E-state index in [1.807, 2.05) is 12.1 Å². The van der Waals surface area contributed by atoms with E-state index in [4.69, 9.17) is 16.3 Å². The van der Waals surface area contributed by atoms with Gasteiger partial charge in [0.1, 0.15) is 5.82 Å². The second-order valence-corrected chi connectivity index (χ2v) is 6.86. The summed E-state index contributed by atoms with van der Waals surface area (Å²) in [6.45, 7) is 2.86. The maximum Gasteiger partial charge on any atom is 0.140 e. The number of ether oxygens (including phenoxy) is 1. The lowest BCUT2D eigenvalue weighted by atomic mass is 9.82. The third-order valence-corrected chi connectivity index (χ3v) is 4.97. The van der Waals surface area contributed by atoms with Gasteiger partial charge in [-0.2, -0.15) is 0 Å². The monoisotopic (exact) mass is 356 g/mol. The van der Waals surface area contributed by atoms with Gasteiger partial charge >= 0.3 is 0 Å². The predicted octanol–water partition coefficient (Wildman–Crippen LogP) is 5.94. The molecule has 0 aliphatic heterocycles. The highest BCUT2D eigenvalue weighted by Gasteiger charge is 2.22. The van der Waals surface area contributed by atoms with E-state index in [2.05, 4.69) is 30.9 Å². The fraction of sp³-hybridized carbons (Fsp3) is 0.364. The Kier molecular flexibility index (Phi) is 6.13. The number of hydrogen-bond donors (Lipinski definition) is 0. The van der Waals surface area contributed by atoms with Crippen molar-refractivity contribution in [2.45, 2.75) is 44.6 Å². The van der Waals surface area contributed by atoms with Gasteiger partial charge in [-0.3, -0.25) is 0 Å². The van der Waals surface area contributed by atoms with Gasteiger partial charge in [-0.25, -0.2) is 4.39 Å². The molecule has 2 aromatic carbocycles. The molecule has 1 nitrogen and oxygen atoms in total. The second-order valence-electron chi connectivity index (χ2n) is 6.43. The van der Waals surface area contributed by atoms with Crippen LogP contribution in [0, 0.1) is 17.7 Å². The van der Waals surface area contributed by atoms with Crippen molar-refractivity contribution in [3.8, 4) is 11.8 Å². The van der Waals surface area contributed by atoms with Crippen molar-refractivity contribution >= 4 is 11.6 Å². The van der Waals surface area contributed by atoms with Gasteiger partial charge in [0.05, 0.1) is 11.7 Å². The summed E-state index contributed by atoms with van der Waals surface area (Å²) in [5, 5.41) is 0.381. The van der Waals surface area contributed by atoms with Crippen molar-refractivity contribution in [1.29, 1.82) is 0 Å². The van der Waals surface area contributed by atoms with Gasteiger partial charge in [0.2, 0.25) is 0 Å². The third-order valence-electron chi connectivity index (χ3n) is 4.73. The number of halogens is 2. The molecule has 2 aromatic rings. The predicted molar refractivity (Wildman–Crippen MR) is 100 cm³/mol.